The molecule has 2 rings (SSSR count). The number of nitrogens with zero attached hydrogens (tertiary/aromatic N) is 2. The number of pyridine rings is 2. The zero-order valence-electron chi connectivity index (χ0n) is 8.51. The SMILES string of the molecule is NNc1cccc(-c2cccc(NN)n2)n1. The van der Waals surface area contributed by atoms with Crippen molar-refractivity contribution in [2.45, 2.75) is 0 Å². The molecule has 2 aromatic rings. The number of nitrogens with one attached hydrogen (secondary N) is 2. The Kier molecular flexibility index (Phi) is 2.95. The van der Waals surface area contributed by atoms with Crippen LogP contribution in [0.25, 0.3) is 11.4 Å². The Bertz CT molecular complexity index is 439. The van der Waals surface area contributed by atoms with Gasteiger partial charge in [-0.2, -0.15) is 0 Å². The maximum absolute atomic E-state index is 5.29. The first-order valence-corrected chi connectivity index (χ1v) is 4.71. The van der Waals surface area contributed by atoms with Crippen molar-refractivity contribution in [1.82, 2.24) is 9.97 Å². The maximum atomic E-state index is 5.29. The van der Waals surface area contributed by atoms with Crippen LogP contribution in [0.2, 0.25) is 0 Å². The molecular formula is C10H12N6. The van der Waals surface area contributed by atoms with Gasteiger partial charge in [0.25, 0.3) is 0 Å². The van der Waals surface area contributed by atoms with Crippen molar-refractivity contribution < 1.29 is 0 Å². The van der Waals surface area contributed by atoms with Gasteiger partial charge in [-0.25, -0.2) is 21.7 Å². The summed E-state index contributed by atoms with van der Waals surface area (Å²) in [6.45, 7) is 0. The number of nitrogens with two attached hydrogens (primary N) is 2. The molecule has 0 radical (unpaired) electrons. The van der Waals surface area contributed by atoms with Gasteiger partial charge in [0.2, 0.25) is 0 Å². The summed E-state index contributed by atoms with van der Waals surface area (Å²) in [5, 5.41) is 0. The second-order valence-electron chi connectivity index (χ2n) is 3.10. The minimum absolute atomic E-state index is 0.588. The van der Waals surface area contributed by atoms with Crippen LogP contribution in [0, 0.1) is 0 Å². The Hall–Kier alpha value is -2.18. The molecule has 0 spiro atoms. The number of hydrogen-bond acceptors (Lipinski definition) is 6. The molecule has 0 unspecified atom stereocenters. The third-order valence-corrected chi connectivity index (χ3v) is 2.06. The summed E-state index contributed by atoms with van der Waals surface area (Å²) in [7, 11) is 0. The predicted octanol–water partition coefficient (Wildman–Crippen LogP) is 0.715. The van der Waals surface area contributed by atoms with Gasteiger partial charge < -0.3 is 10.9 Å². The molecule has 6 heteroatoms. The van der Waals surface area contributed by atoms with Crippen LogP contribution in [-0.2, 0) is 0 Å². The summed E-state index contributed by atoms with van der Waals surface area (Å²) in [5.41, 5.74) is 6.43. The third-order valence-electron chi connectivity index (χ3n) is 2.06. The highest BCUT2D eigenvalue weighted by molar-refractivity contribution is 5.59. The van der Waals surface area contributed by atoms with Crippen LogP contribution in [0.1, 0.15) is 0 Å². The number of aromatic nitrogens is 2. The smallest absolute Gasteiger partial charge is 0.140 e. The van der Waals surface area contributed by atoms with Crippen molar-refractivity contribution in [3.8, 4) is 11.4 Å². The van der Waals surface area contributed by atoms with Crippen molar-refractivity contribution in [2.24, 2.45) is 11.7 Å². The van der Waals surface area contributed by atoms with Gasteiger partial charge in [-0.3, -0.25) is 0 Å². The first-order valence-electron chi connectivity index (χ1n) is 4.71. The zero-order chi connectivity index (χ0) is 11.4. The molecular weight excluding hydrogens is 204 g/mol. The lowest BCUT2D eigenvalue weighted by atomic mass is 10.2. The van der Waals surface area contributed by atoms with E-state index in [1.165, 1.54) is 0 Å². The van der Waals surface area contributed by atoms with E-state index in [0.29, 0.717) is 11.6 Å². The molecule has 0 fully saturated rings. The first-order chi connectivity index (χ1) is 7.83. The van der Waals surface area contributed by atoms with Gasteiger partial charge in [0.1, 0.15) is 11.6 Å². The van der Waals surface area contributed by atoms with E-state index in [1.807, 2.05) is 24.3 Å². The molecule has 0 aliphatic carbocycles. The molecule has 0 bridgehead atoms. The van der Waals surface area contributed by atoms with Gasteiger partial charge in [0.15, 0.2) is 0 Å². The molecule has 0 saturated heterocycles. The molecule has 0 aliphatic heterocycles. The lowest BCUT2D eigenvalue weighted by Gasteiger charge is -2.05. The van der Waals surface area contributed by atoms with E-state index in [9.17, 15) is 0 Å². The number of anilines is 2. The summed E-state index contributed by atoms with van der Waals surface area (Å²) >= 11 is 0. The van der Waals surface area contributed by atoms with E-state index >= 15 is 0 Å². The van der Waals surface area contributed by atoms with E-state index in [0.717, 1.165) is 11.4 Å². The molecule has 0 aliphatic rings. The second-order valence-corrected chi connectivity index (χ2v) is 3.10. The summed E-state index contributed by atoms with van der Waals surface area (Å²) < 4.78 is 0. The van der Waals surface area contributed by atoms with Crippen LogP contribution >= 0.6 is 0 Å². The number of hydrazine groups is 2. The topological polar surface area (TPSA) is 102 Å². The Morgan fingerprint density at radius 3 is 1.56 bits per heavy atom. The van der Waals surface area contributed by atoms with Crippen LogP contribution in [0.5, 0.6) is 0 Å². The molecule has 6 nitrogen and oxygen atoms in total. The number of nitrogen functional groups attached to an aromatic ring is 2. The van der Waals surface area contributed by atoms with Crippen LogP contribution in [0.15, 0.2) is 36.4 Å². The average molecular weight is 216 g/mol. The van der Waals surface area contributed by atoms with E-state index < -0.39 is 0 Å². The van der Waals surface area contributed by atoms with E-state index in [4.69, 9.17) is 11.7 Å². The maximum Gasteiger partial charge on any atom is 0.140 e. The fourth-order valence-electron chi connectivity index (χ4n) is 1.32. The first kappa shape index (κ1) is 10.3. The molecule has 2 aromatic heterocycles. The van der Waals surface area contributed by atoms with Crippen molar-refractivity contribution in [2.75, 3.05) is 10.9 Å². The Balaban J connectivity index is 2.41. The Morgan fingerprint density at radius 1 is 0.750 bits per heavy atom. The van der Waals surface area contributed by atoms with Crippen LogP contribution in [-0.4, -0.2) is 9.97 Å². The standard InChI is InChI=1S/C10H12N6/c11-15-9-5-1-3-7(13-9)8-4-2-6-10(14-8)16-12/h1-6H,11-12H2,(H,13,15)(H,14,16). The van der Waals surface area contributed by atoms with Gasteiger partial charge in [0.05, 0.1) is 11.4 Å². The van der Waals surface area contributed by atoms with Gasteiger partial charge in [0, 0.05) is 0 Å². The van der Waals surface area contributed by atoms with Gasteiger partial charge >= 0.3 is 0 Å². The summed E-state index contributed by atoms with van der Waals surface area (Å²) in [5.74, 6) is 11.8. The molecule has 82 valence electrons. The monoisotopic (exact) mass is 216 g/mol. The van der Waals surface area contributed by atoms with Crippen LogP contribution < -0.4 is 22.5 Å². The van der Waals surface area contributed by atoms with E-state index in [-0.39, 0.29) is 0 Å². The molecule has 0 aromatic carbocycles. The Labute approximate surface area is 92.6 Å². The largest absolute Gasteiger partial charge is 0.308 e. The molecule has 16 heavy (non-hydrogen) atoms. The molecule has 2 heterocycles. The minimum atomic E-state index is 0.588. The van der Waals surface area contributed by atoms with Gasteiger partial charge in [-0.15, -0.1) is 0 Å². The highest BCUT2D eigenvalue weighted by Gasteiger charge is 2.02. The van der Waals surface area contributed by atoms with Crippen LogP contribution in [0.3, 0.4) is 0 Å². The molecule has 0 atom stereocenters. The van der Waals surface area contributed by atoms with E-state index in [2.05, 4.69) is 20.8 Å². The van der Waals surface area contributed by atoms with Crippen molar-refractivity contribution in [3.05, 3.63) is 36.4 Å². The number of hydrogen-bond donors (Lipinski definition) is 4. The van der Waals surface area contributed by atoms with Crippen molar-refractivity contribution in [1.29, 1.82) is 0 Å². The van der Waals surface area contributed by atoms with E-state index in [1.54, 1.807) is 12.1 Å². The lowest BCUT2D eigenvalue weighted by Crippen LogP contribution is -2.09. The second kappa shape index (κ2) is 4.56. The molecule has 0 amide bonds. The highest BCUT2D eigenvalue weighted by Crippen LogP contribution is 2.17. The van der Waals surface area contributed by atoms with Crippen molar-refractivity contribution in [3.63, 3.8) is 0 Å². The average Bonchev–Trinajstić information content (AvgIpc) is 2.39. The number of rotatable bonds is 3. The fraction of sp³-hybridized carbons (Fsp3) is 0. The zero-order valence-corrected chi connectivity index (χ0v) is 8.51. The molecule has 0 saturated carbocycles. The Morgan fingerprint density at radius 2 is 1.19 bits per heavy atom. The van der Waals surface area contributed by atoms with Crippen LogP contribution in [0.4, 0.5) is 11.6 Å². The third kappa shape index (κ3) is 2.08. The molecule has 6 N–H and O–H groups in total. The summed E-state index contributed by atoms with van der Waals surface area (Å²) in [6.07, 6.45) is 0. The fourth-order valence-corrected chi connectivity index (χ4v) is 1.32. The summed E-state index contributed by atoms with van der Waals surface area (Å²) in [6, 6.07) is 10.9. The predicted molar refractivity (Wildman–Crippen MR) is 63.1 cm³/mol. The minimum Gasteiger partial charge on any atom is -0.308 e. The van der Waals surface area contributed by atoms with Gasteiger partial charge in [-0.1, -0.05) is 12.1 Å². The normalized spacial score (nSPS) is 9.88. The lowest BCUT2D eigenvalue weighted by molar-refractivity contribution is 1.18. The van der Waals surface area contributed by atoms with Gasteiger partial charge in [-0.05, 0) is 24.3 Å². The highest BCUT2D eigenvalue weighted by atomic mass is 15.3. The quantitative estimate of drug-likeness (QED) is 0.445. The van der Waals surface area contributed by atoms with Crippen molar-refractivity contribution >= 4 is 11.6 Å². The summed E-state index contributed by atoms with van der Waals surface area (Å²) in [4.78, 5) is 8.54.